The molecular weight excluding hydrogens is 220 g/mol. The summed E-state index contributed by atoms with van der Waals surface area (Å²) >= 11 is 5.93. The SMILES string of the molecule is CCN(c1ccc(Cl)cc1N)C1CCCC1. The molecule has 1 fully saturated rings. The van der Waals surface area contributed by atoms with E-state index in [0.29, 0.717) is 11.1 Å². The third kappa shape index (κ3) is 2.27. The fraction of sp³-hybridized carbons (Fsp3) is 0.538. The van der Waals surface area contributed by atoms with Gasteiger partial charge in [-0.15, -0.1) is 0 Å². The summed E-state index contributed by atoms with van der Waals surface area (Å²) in [6.45, 7) is 3.20. The predicted molar refractivity (Wildman–Crippen MR) is 71.1 cm³/mol. The number of nitrogen functional groups attached to an aromatic ring is 1. The molecule has 1 aliphatic rings. The van der Waals surface area contributed by atoms with Gasteiger partial charge >= 0.3 is 0 Å². The predicted octanol–water partition coefficient (Wildman–Crippen LogP) is 3.69. The maximum absolute atomic E-state index is 6.04. The van der Waals surface area contributed by atoms with Crippen LogP contribution in [0.5, 0.6) is 0 Å². The minimum atomic E-state index is 0.661. The van der Waals surface area contributed by atoms with Crippen molar-refractivity contribution < 1.29 is 0 Å². The van der Waals surface area contributed by atoms with Crippen LogP contribution in [0.15, 0.2) is 18.2 Å². The molecule has 0 atom stereocenters. The molecule has 3 heteroatoms. The minimum absolute atomic E-state index is 0.661. The molecule has 2 nitrogen and oxygen atoms in total. The van der Waals surface area contributed by atoms with E-state index < -0.39 is 0 Å². The van der Waals surface area contributed by atoms with Gasteiger partial charge in [0, 0.05) is 17.6 Å². The highest BCUT2D eigenvalue weighted by molar-refractivity contribution is 6.31. The zero-order valence-electron chi connectivity index (χ0n) is 9.75. The third-order valence-electron chi connectivity index (χ3n) is 3.41. The largest absolute Gasteiger partial charge is 0.397 e. The Morgan fingerprint density at radius 1 is 1.38 bits per heavy atom. The van der Waals surface area contributed by atoms with E-state index in [0.717, 1.165) is 17.9 Å². The van der Waals surface area contributed by atoms with Crippen molar-refractivity contribution >= 4 is 23.0 Å². The second kappa shape index (κ2) is 4.96. The van der Waals surface area contributed by atoms with E-state index in [4.69, 9.17) is 17.3 Å². The molecular formula is C13H19ClN2. The smallest absolute Gasteiger partial charge is 0.0603 e. The summed E-state index contributed by atoms with van der Waals surface area (Å²) in [5.74, 6) is 0. The molecule has 0 spiro atoms. The van der Waals surface area contributed by atoms with Crippen LogP contribution in [0.3, 0.4) is 0 Å². The van der Waals surface area contributed by atoms with E-state index >= 15 is 0 Å². The zero-order chi connectivity index (χ0) is 11.5. The van der Waals surface area contributed by atoms with Crippen LogP contribution in [0.4, 0.5) is 11.4 Å². The van der Waals surface area contributed by atoms with Gasteiger partial charge < -0.3 is 10.6 Å². The Labute approximate surface area is 102 Å². The van der Waals surface area contributed by atoms with Gasteiger partial charge in [0.2, 0.25) is 0 Å². The molecule has 88 valence electrons. The average Bonchev–Trinajstić information content (AvgIpc) is 2.75. The van der Waals surface area contributed by atoms with Crippen molar-refractivity contribution in [3.8, 4) is 0 Å². The lowest BCUT2D eigenvalue weighted by Gasteiger charge is -2.31. The Kier molecular flexibility index (Phi) is 3.59. The summed E-state index contributed by atoms with van der Waals surface area (Å²) < 4.78 is 0. The van der Waals surface area contributed by atoms with Crippen molar-refractivity contribution in [3.05, 3.63) is 23.2 Å². The summed E-state index contributed by atoms with van der Waals surface area (Å²) in [4.78, 5) is 2.42. The molecule has 0 radical (unpaired) electrons. The molecule has 2 rings (SSSR count). The molecule has 1 aromatic carbocycles. The van der Waals surface area contributed by atoms with Crippen molar-refractivity contribution in [2.45, 2.75) is 38.6 Å². The summed E-state index contributed by atoms with van der Waals surface area (Å²) in [5.41, 5.74) is 7.97. The van der Waals surface area contributed by atoms with Crippen LogP contribution >= 0.6 is 11.6 Å². The van der Waals surface area contributed by atoms with Crippen LogP contribution < -0.4 is 10.6 Å². The first-order valence-corrected chi connectivity index (χ1v) is 6.42. The Hall–Kier alpha value is -0.890. The number of hydrogen-bond acceptors (Lipinski definition) is 2. The summed E-state index contributed by atoms with van der Waals surface area (Å²) in [6, 6.07) is 6.47. The van der Waals surface area contributed by atoms with Crippen LogP contribution in [-0.4, -0.2) is 12.6 Å². The molecule has 0 aliphatic heterocycles. The van der Waals surface area contributed by atoms with Gasteiger partial charge in [0.1, 0.15) is 0 Å². The second-order valence-electron chi connectivity index (χ2n) is 4.43. The first-order chi connectivity index (χ1) is 7.72. The lowest BCUT2D eigenvalue weighted by molar-refractivity contribution is 0.620. The van der Waals surface area contributed by atoms with Gasteiger partial charge in [0.15, 0.2) is 0 Å². The zero-order valence-corrected chi connectivity index (χ0v) is 10.5. The quantitative estimate of drug-likeness (QED) is 0.814. The van der Waals surface area contributed by atoms with Crippen molar-refractivity contribution in [2.75, 3.05) is 17.2 Å². The van der Waals surface area contributed by atoms with Gasteiger partial charge in [-0.25, -0.2) is 0 Å². The third-order valence-corrected chi connectivity index (χ3v) is 3.64. The number of nitrogens with two attached hydrogens (primary N) is 1. The first-order valence-electron chi connectivity index (χ1n) is 6.04. The van der Waals surface area contributed by atoms with Crippen molar-refractivity contribution in [3.63, 3.8) is 0 Å². The van der Waals surface area contributed by atoms with Gasteiger partial charge in [0.05, 0.1) is 11.4 Å². The fourth-order valence-corrected chi connectivity index (χ4v) is 2.81. The summed E-state index contributed by atoms with van der Waals surface area (Å²) in [7, 11) is 0. The molecule has 0 saturated heterocycles. The summed E-state index contributed by atoms with van der Waals surface area (Å²) in [6.07, 6.45) is 5.26. The van der Waals surface area contributed by atoms with Crippen LogP contribution in [0, 0.1) is 0 Å². The van der Waals surface area contributed by atoms with Crippen LogP contribution in [0.25, 0.3) is 0 Å². The van der Waals surface area contributed by atoms with E-state index in [1.165, 1.54) is 25.7 Å². The monoisotopic (exact) mass is 238 g/mol. The number of rotatable bonds is 3. The van der Waals surface area contributed by atoms with Crippen LogP contribution in [0.2, 0.25) is 5.02 Å². The molecule has 0 bridgehead atoms. The standard InChI is InChI=1S/C13H19ClN2/c1-2-16(11-5-3-4-6-11)13-8-7-10(14)9-12(13)15/h7-9,11H,2-6,15H2,1H3. The first kappa shape index (κ1) is 11.6. The van der Waals surface area contributed by atoms with Gasteiger partial charge in [-0.2, -0.15) is 0 Å². The van der Waals surface area contributed by atoms with E-state index in [-0.39, 0.29) is 0 Å². The fourth-order valence-electron chi connectivity index (χ4n) is 2.63. The number of halogens is 1. The highest BCUT2D eigenvalue weighted by Gasteiger charge is 2.22. The highest BCUT2D eigenvalue weighted by Crippen LogP contribution is 2.32. The van der Waals surface area contributed by atoms with Crippen molar-refractivity contribution in [1.29, 1.82) is 0 Å². The number of hydrogen-bond donors (Lipinski definition) is 1. The Bertz CT molecular complexity index is 359. The molecule has 1 aliphatic carbocycles. The molecule has 0 aromatic heterocycles. The van der Waals surface area contributed by atoms with E-state index in [1.807, 2.05) is 18.2 Å². The van der Waals surface area contributed by atoms with Gasteiger partial charge in [0.25, 0.3) is 0 Å². The Balaban J connectivity index is 2.25. The minimum Gasteiger partial charge on any atom is -0.397 e. The summed E-state index contributed by atoms with van der Waals surface area (Å²) in [5, 5.41) is 0.712. The normalized spacial score (nSPS) is 16.6. The molecule has 1 saturated carbocycles. The second-order valence-corrected chi connectivity index (χ2v) is 4.86. The molecule has 1 aromatic rings. The lowest BCUT2D eigenvalue weighted by Crippen LogP contribution is -2.33. The van der Waals surface area contributed by atoms with Crippen LogP contribution in [-0.2, 0) is 0 Å². The molecule has 0 amide bonds. The van der Waals surface area contributed by atoms with E-state index in [1.54, 1.807) is 0 Å². The Morgan fingerprint density at radius 2 is 2.06 bits per heavy atom. The highest BCUT2D eigenvalue weighted by atomic mass is 35.5. The molecule has 0 heterocycles. The lowest BCUT2D eigenvalue weighted by atomic mass is 10.1. The van der Waals surface area contributed by atoms with E-state index in [9.17, 15) is 0 Å². The van der Waals surface area contributed by atoms with Crippen LogP contribution in [0.1, 0.15) is 32.6 Å². The molecule has 16 heavy (non-hydrogen) atoms. The average molecular weight is 239 g/mol. The Morgan fingerprint density at radius 3 is 2.62 bits per heavy atom. The maximum atomic E-state index is 6.04. The molecule has 2 N–H and O–H groups in total. The van der Waals surface area contributed by atoms with Gasteiger partial charge in [-0.1, -0.05) is 24.4 Å². The topological polar surface area (TPSA) is 29.3 Å². The number of nitrogens with zero attached hydrogens (tertiary/aromatic N) is 1. The number of anilines is 2. The van der Waals surface area contributed by atoms with Gasteiger partial charge in [-0.3, -0.25) is 0 Å². The van der Waals surface area contributed by atoms with Crippen molar-refractivity contribution in [1.82, 2.24) is 0 Å². The number of benzene rings is 1. The van der Waals surface area contributed by atoms with Crippen molar-refractivity contribution in [2.24, 2.45) is 0 Å². The van der Waals surface area contributed by atoms with Gasteiger partial charge in [-0.05, 0) is 38.0 Å². The maximum Gasteiger partial charge on any atom is 0.0603 e. The molecule has 0 unspecified atom stereocenters. The van der Waals surface area contributed by atoms with E-state index in [2.05, 4.69) is 11.8 Å².